The maximum absolute atomic E-state index is 12.0. The average Bonchev–Trinajstić information content (AvgIpc) is 2.92. The van der Waals surface area contributed by atoms with Crippen LogP contribution in [0.1, 0.15) is 20.8 Å². The van der Waals surface area contributed by atoms with E-state index in [9.17, 15) is 14.7 Å². The van der Waals surface area contributed by atoms with Crippen LogP contribution in [-0.4, -0.2) is 22.5 Å². The summed E-state index contributed by atoms with van der Waals surface area (Å²) < 4.78 is 5.50. The van der Waals surface area contributed by atoms with Crippen LogP contribution < -0.4 is 9.61 Å². The van der Waals surface area contributed by atoms with Crippen LogP contribution in [0, 0.1) is 0 Å². The molecule has 128 valence electrons. The maximum Gasteiger partial charge on any atom is 0.307 e. The first kappa shape index (κ1) is 17.3. The zero-order chi connectivity index (χ0) is 17.8. The van der Waals surface area contributed by atoms with E-state index in [0.717, 1.165) is 16.9 Å². The molecule has 0 spiro atoms. The third kappa shape index (κ3) is 4.49. The number of aromatic nitrogens is 1. The lowest BCUT2D eigenvalue weighted by Gasteiger charge is -2.07. The van der Waals surface area contributed by atoms with Crippen LogP contribution in [0.5, 0.6) is 11.6 Å². The molecule has 0 amide bonds. The van der Waals surface area contributed by atoms with Crippen molar-refractivity contribution in [1.82, 2.24) is 4.98 Å². The highest BCUT2D eigenvalue weighted by molar-refractivity contribution is 7.09. The molecular formula is C18H14ClNO4S. The van der Waals surface area contributed by atoms with E-state index in [1.165, 1.54) is 0 Å². The van der Waals surface area contributed by atoms with E-state index >= 15 is 0 Å². The minimum atomic E-state index is -0.284. The zero-order valence-corrected chi connectivity index (χ0v) is 14.6. The molecule has 0 aliphatic carbocycles. The van der Waals surface area contributed by atoms with E-state index in [4.69, 9.17) is 16.3 Å². The highest BCUT2D eigenvalue weighted by Crippen LogP contribution is 2.22. The van der Waals surface area contributed by atoms with Crippen molar-refractivity contribution < 1.29 is 14.6 Å². The van der Waals surface area contributed by atoms with Gasteiger partial charge in [0.2, 0.25) is 5.88 Å². The number of thiazole rings is 1. The van der Waals surface area contributed by atoms with Gasteiger partial charge in [-0.1, -0.05) is 35.1 Å². The van der Waals surface area contributed by atoms with Crippen LogP contribution in [0.25, 0.3) is 0 Å². The summed E-state index contributed by atoms with van der Waals surface area (Å²) in [4.78, 5) is 25.9. The number of H-pyrrole nitrogens is 1. The van der Waals surface area contributed by atoms with E-state index in [1.807, 2.05) is 12.1 Å². The van der Waals surface area contributed by atoms with E-state index in [0.29, 0.717) is 27.6 Å². The fourth-order valence-corrected chi connectivity index (χ4v) is 3.11. The van der Waals surface area contributed by atoms with Gasteiger partial charge in [0.15, 0.2) is 12.4 Å². The second-order valence-corrected chi connectivity index (χ2v) is 6.83. The summed E-state index contributed by atoms with van der Waals surface area (Å²) >= 11 is 6.78. The molecule has 0 radical (unpaired) electrons. The molecule has 0 bridgehead atoms. The van der Waals surface area contributed by atoms with Crippen molar-refractivity contribution in [2.24, 2.45) is 0 Å². The molecule has 3 aromatic rings. The molecule has 1 heterocycles. The molecule has 7 heteroatoms. The fourth-order valence-electron chi connectivity index (χ4n) is 2.23. The number of hydrogen-bond donors (Lipinski definition) is 2. The first-order chi connectivity index (χ1) is 12.0. The van der Waals surface area contributed by atoms with Gasteiger partial charge in [0.25, 0.3) is 0 Å². The van der Waals surface area contributed by atoms with Crippen LogP contribution in [0.3, 0.4) is 0 Å². The largest absolute Gasteiger partial charge is 0.494 e. The van der Waals surface area contributed by atoms with E-state index in [2.05, 4.69) is 4.98 Å². The van der Waals surface area contributed by atoms with Crippen molar-refractivity contribution in [3.8, 4) is 11.6 Å². The van der Waals surface area contributed by atoms with Crippen molar-refractivity contribution >= 4 is 28.7 Å². The number of carbonyl (C=O) groups is 1. The molecule has 25 heavy (non-hydrogen) atoms. The molecule has 2 N–H and O–H groups in total. The second kappa shape index (κ2) is 7.55. The topological polar surface area (TPSA) is 79.4 Å². The number of Topliss-reactive ketones (excluding diaryl/α,β-unsaturated/α-hetero) is 1. The molecule has 0 fully saturated rings. The number of aromatic amines is 1. The number of nitrogens with one attached hydrogen (secondary N) is 1. The van der Waals surface area contributed by atoms with Gasteiger partial charge in [-0.05, 0) is 42.0 Å². The SMILES string of the molecule is O=C(COc1ccc(Cc2sc(=O)[nH]c2O)cc1)c1ccc(Cl)cc1. The quantitative estimate of drug-likeness (QED) is 0.644. The molecule has 0 aliphatic heterocycles. The van der Waals surface area contributed by atoms with Gasteiger partial charge in [0.1, 0.15) is 5.75 Å². The summed E-state index contributed by atoms with van der Waals surface area (Å²) in [6, 6.07) is 13.8. The van der Waals surface area contributed by atoms with E-state index < -0.39 is 0 Å². The minimum Gasteiger partial charge on any atom is -0.494 e. The maximum atomic E-state index is 12.0. The summed E-state index contributed by atoms with van der Waals surface area (Å²) in [5.41, 5.74) is 1.46. The predicted octanol–water partition coefficient (Wildman–Crippen LogP) is 3.65. The molecule has 5 nitrogen and oxygen atoms in total. The number of aromatic hydroxyl groups is 1. The Morgan fingerprint density at radius 2 is 1.80 bits per heavy atom. The average molecular weight is 376 g/mol. The molecule has 0 saturated heterocycles. The number of ether oxygens (including phenoxy) is 1. The first-order valence-electron chi connectivity index (χ1n) is 7.43. The van der Waals surface area contributed by atoms with Gasteiger partial charge < -0.3 is 9.84 Å². The Labute approximate surface area is 152 Å². The summed E-state index contributed by atoms with van der Waals surface area (Å²) in [5.74, 6) is 0.337. The number of halogens is 1. The Morgan fingerprint density at radius 1 is 1.12 bits per heavy atom. The van der Waals surface area contributed by atoms with Gasteiger partial charge in [0.05, 0.1) is 4.88 Å². The number of ketones is 1. The lowest BCUT2D eigenvalue weighted by molar-refractivity contribution is 0.0921. The monoisotopic (exact) mass is 375 g/mol. The summed E-state index contributed by atoms with van der Waals surface area (Å²) in [7, 11) is 0. The fraction of sp³-hybridized carbons (Fsp3) is 0.111. The number of hydrogen-bond acceptors (Lipinski definition) is 5. The van der Waals surface area contributed by atoms with E-state index in [1.54, 1.807) is 36.4 Å². The Kier molecular flexibility index (Phi) is 5.21. The molecule has 0 saturated carbocycles. The van der Waals surface area contributed by atoms with Crippen molar-refractivity contribution in [3.05, 3.63) is 79.2 Å². The summed E-state index contributed by atoms with van der Waals surface area (Å²) in [5, 5.41) is 10.2. The van der Waals surface area contributed by atoms with Crippen molar-refractivity contribution in [2.45, 2.75) is 6.42 Å². The minimum absolute atomic E-state index is 0.0683. The predicted molar refractivity (Wildman–Crippen MR) is 97.1 cm³/mol. The number of rotatable bonds is 6. The molecule has 1 aromatic heterocycles. The third-order valence-corrected chi connectivity index (χ3v) is 4.65. The molecular weight excluding hydrogens is 362 g/mol. The first-order valence-corrected chi connectivity index (χ1v) is 8.62. The van der Waals surface area contributed by atoms with Gasteiger partial charge in [0, 0.05) is 17.0 Å². The van der Waals surface area contributed by atoms with Crippen molar-refractivity contribution in [3.63, 3.8) is 0 Å². The Balaban J connectivity index is 1.59. The van der Waals surface area contributed by atoms with Gasteiger partial charge in [-0.15, -0.1) is 0 Å². The number of carbonyl (C=O) groups excluding carboxylic acids is 1. The summed E-state index contributed by atoms with van der Waals surface area (Å²) in [6.07, 6.45) is 0.444. The summed E-state index contributed by atoms with van der Waals surface area (Å²) in [6.45, 7) is -0.0683. The molecule has 0 atom stereocenters. The van der Waals surface area contributed by atoms with Crippen LogP contribution in [0.2, 0.25) is 5.02 Å². The Morgan fingerprint density at radius 3 is 2.40 bits per heavy atom. The van der Waals surface area contributed by atoms with E-state index in [-0.39, 0.29) is 23.1 Å². The van der Waals surface area contributed by atoms with Gasteiger partial charge in [-0.25, -0.2) is 0 Å². The molecule has 3 rings (SSSR count). The van der Waals surface area contributed by atoms with Crippen molar-refractivity contribution in [1.29, 1.82) is 0 Å². The second-order valence-electron chi connectivity index (χ2n) is 5.33. The standard InChI is InChI=1S/C18H14ClNO4S/c19-13-5-3-12(4-6-13)15(21)10-24-14-7-1-11(2-8-14)9-16-17(22)20-18(23)25-16/h1-8,22H,9-10H2,(H,20,23). The molecule has 0 unspecified atom stereocenters. The van der Waals surface area contributed by atoms with Gasteiger partial charge in [-0.2, -0.15) is 0 Å². The molecule has 0 aliphatic rings. The van der Waals surface area contributed by atoms with Gasteiger partial charge in [-0.3, -0.25) is 14.6 Å². The number of benzene rings is 2. The highest BCUT2D eigenvalue weighted by Gasteiger charge is 2.09. The Hall–Kier alpha value is -2.57. The highest BCUT2D eigenvalue weighted by atomic mass is 35.5. The van der Waals surface area contributed by atoms with Crippen LogP contribution in [-0.2, 0) is 6.42 Å². The lowest BCUT2D eigenvalue weighted by atomic mass is 10.1. The Bertz CT molecular complexity index is 929. The third-order valence-electron chi connectivity index (χ3n) is 3.52. The smallest absolute Gasteiger partial charge is 0.307 e. The zero-order valence-electron chi connectivity index (χ0n) is 13.0. The normalized spacial score (nSPS) is 10.6. The lowest BCUT2D eigenvalue weighted by Crippen LogP contribution is -2.11. The van der Waals surface area contributed by atoms with Crippen LogP contribution in [0.15, 0.2) is 53.3 Å². The van der Waals surface area contributed by atoms with Crippen LogP contribution in [0.4, 0.5) is 0 Å². The molecule has 2 aromatic carbocycles. The van der Waals surface area contributed by atoms with Crippen molar-refractivity contribution in [2.75, 3.05) is 6.61 Å². The van der Waals surface area contributed by atoms with Crippen LogP contribution >= 0.6 is 22.9 Å². The van der Waals surface area contributed by atoms with Gasteiger partial charge >= 0.3 is 4.87 Å².